The summed E-state index contributed by atoms with van der Waals surface area (Å²) in [5.41, 5.74) is 2.88. The molecule has 0 bridgehead atoms. The lowest BCUT2D eigenvalue weighted by Crippen LogP contribution is -2.13. The Morgan fingerprint density at radius 3 is 2.80 bits per heavy atom. The van der Waals surface area contributed by atoms with Crippen LogP contribution in [-0.2, 0) is 7.05 Å². The Balaban J connectivity index is 2.07. The number of imidazole rings is 1. The molecular formula is C15H14FN4. The lowest BCUT2D eigenvalue weighted by atomic mass is 10.2. The van der Waals surface area contributed by atoms with Gasteiger partial charge in [0.15, 0.2) is 0 Å². The predicted molar refractivity (Wildman–Crippen MR) is 77.4 cm³/mol. The monoisotopic (exact) mass is 269 g/mol. The second-order valence-electron chi connectivity index (χ2n) is 4.73. The molecule has 0 aliphatic carbocycles. The number of benzene rings is 1. The van der Waals surface area contributed by atoms with Crippen molar-refractivity contribution in [2.45, 2.75) is 0 Å². The van der Waals surface area contributed by atoms with Crippen molar-refractivity contribution in [2.24, 2.45) is 7.05 Å². The molecule has 0 N–H and O–H groups in total. The molecule has 0 saturated carbocycles. The number of halogens is 1. The molecule has 20 heavy (non-hydrogen) atoms. The van der Waals surface area contributed by atoms with Gasteiger partial charge in [-0.2, -0.15) is 0 Å². The fourth-order valence-corrected chi connectivity index (χ4v) is 2.15. The maximum absolute atomic E-state index is 14.0. The van der Waals surface area contributed by atoms with Crippen LogP contribution in [0.25, 0.3) is 11.0 Å². The molecule has 3 rings (SSSR count). The van der Waals surface area contributed by atoms with Gasteiger partial charge in [-0.15, -0.1) is 0 Å². The van der Waals surface area contributed by atoms with Crippen LogP contribution in [0.1, 0.15) is 5.56 Å². The molecule has 0 aliphatic heterocycles. The maximum Gasteiger partial charge on any atom is 0.147 e. The van der Waals surface area contributed by atoms with E-state index in [-0.39, 0.29) is 5.82 Å². The van der Waals surface area contributed by atoms with Gasteiger partial charge in [-0.1, -0.05) is 6.07 Å². The molecule has 0 spiro atoms. The highest BCUT2D eigenvalue weighted by Crippen LogP contribution is 2.27. The number of aromatic nitrogens is 3. The Morgan fingerprint density at radius 1 is 1.25 bits per heavy atom. The molecular weight excluding hydrogens is 255 g/mol. The van der Waals surface area contributed by atoms with Crippen molar-refractivity contribution in [3.63, 3.8) is 0 Å². The van der Waals surface area contributed by atoms with Crippen LogP contribution >= 0.6 is 0 Å². The zero-order valence-corrected chi connectivity index (χ0v) is 11.3. The maximum atomic E-state index is 14.0. The van der Waals surface area contributed by atoms with Gasteiger partial charge in [-0.25, -0.2) is 14.4 Å². The highest BCUT2D eigenvalue weighted by molar-refractivity contribution is 5.78. The zero-order chi connectivity index (χ0) is 14.3. The fourth-order valence-electron chi connectivity index (χ4n) is 2.15. The second-order valence-corrected chi connectivity index (χ2v) is 4.73. The van der Waals surface area contributed by atoms with Crippen molar-refractivity contribution in [3.05, 3.63) is 55.1 Å². The third-order valence-corrected chi connectivity index (χ3v) is 3.31. The third kappa shape index (κ3) is 2.01. The minimum absolute atomic E-state index is 0.313. The summed E-state index contributed by atoms with van der Waals surface area (Å²) in [7, 11) is 3.70. The molecule has 0 aliphatic rings. The van der Waals surface area contributed by atoms with Crippen LogP contribution in [0.15, 0.2) is 36.8 Å². The first kappa shape index (κ1) is 12.6. The van der Waals surface area contributed by atoms with Crippen LogP contribution in [0.5, 0.6) is 0 Å². The van der Waals surface area contributed by atoms with Crippen molar-refractivity contribution >= 4 is 22.5 Å². The topological polar surface area (TPSA) is 34.0 Å². The van der Waals surface area contributed by atoms with Crippen LogP contribution in [0.3, 0.4) is 0 Å². The van der Waals surface area contributed by atoms with Crippen LogP contribution in [0.4, 0.5) is 15.9 Å². The van der Waals surface area contributed by atoms with Crippen molar-refractivity contribution in [1.29, 1.82) is 0 Å². The molecule has 0 fully saturated rings. The molecule has 3 aromatic rings. The Hall–Kier alpha value is -2.43. The molecule has 5 heteroatoms. The summed E-state index contributed by atoms with van der Waals surface area (Å²) in [5, 5.41) is 0. The van der Waals surface area contributed by atoms with Gasteiger partial charge in [0.1, 0.15) is 17.2 Å². The van der Waals surface area contributed by atoms with Gasteiger partial charge < -0.3 is 9.47 Å². The first-order valence-electron chi connectivity index (χ1n) is 6.18. The molecule has 4 nitrogen and oxygen atoms in total. The minimum atomic E-state index is -0.313. The highest BCUT2D eigenvalue weighted by Gasteiger charge is 2.12. The quantitative estimate of drug-likeness (QED) is 0.717. The largest absolute Gasteiger partial charge is 0.334 e. The average Bonchev–Trinajstić information content (AvgIpc) is 2.79. The first-order valence-corrected chi connectivity index (χ1v) is 6.18. The van der Waals surface area contributed by atoms with Crippen molar-refractivity contribution in [2.75, 3.05) is 11.9 Å². The van der Waals surface area contributed by atoms with E-state index in [0.717, 1.165) is 11.0 Å². The fraction of sp³-hybridized carbons (Fsp3) is 0.133. The van der Waals surface area contributed by atoms with Crippen molar-refractivity contribution < 1.29 is 4.39 Å². The summed E-state index contributed by atoms with van der Waals surface area (Å²) in [6.45, 7) is 3.71. The van der Waals surface area contributed by atoms with Gasteiger partial charge >= 0.3 is 0 Å². The molecule has 101 valence electrons. The van der Waals surface area contributed by atoms with E-state index in [1.165, 1.54) is 6.07 Å². The van der Waals surface area contributed by atoms with E-state index < -0.39 is 0 Å². The van der Waals surface area contributed by atoms with E-state index in [9.17, 15) is 4.39 Å². The molecule has 0 atom stereocenters. The standard InChI is InChI=1S/C15H14FN4/c1-10-4-5-13(11(16)6-10)20(3)15-7-14-12(8-17-15)18-9-19(14)2/h4-9H,1H2,2-3H3. The van der Waals surface area contributed by atoms with E-state index in [1.807, 2.05) is 17.7 Å². The van der Waals surface area contributed by atoms with E-state index in [0.29, 0.717) is 17.1 Å². The average molecular weight is 269 g/mol. The zero-order valence-electron chi connectivity index (χ0n) is 11.3. The van der Waals surface area contributed by atoms with Gasteiger partial charge in [0.2, 0.25) is 0 Å². The Kier molecular flexibility index (Phi) is 2.89. The van der Waals surface area contributed by atoms with Crippen LogP contribution in [0, 0.1) is 12.7 Å². The summed E-state index contributed by atoms with van der Waals surface area (Å²) in [6.07, 6.45) is 3.42. The van der Waals surface area contributed by atoms with Crippen molar-refractivity contribution in [1.82, 2.24) is 14.5 Å². The number of hydrogen-bond acceptors (Lipinski definition) is 3. The molecule has 2 aromatic heterocycles. The van der Waals surface area contributed by atoms with Gasteiger partial charge in [0.25, 0.3) is 0 Å². The number of hydrogen-bond donors (Lipinski definition) is 0. The van der Waals surface area contributed by atoms with E-state index >= 15 is 0 Å². The molecule has 0 amide bonds. The second kappa shape index (κ2) is 4.59. The van der Waals surface area contributed by atoms with Gasteiger partial charge in [0, 0.05) is 20.2 Å². The van der Waals surface area contributed by atoms with Crippen LogP contribution < -0.4 is 4.90 Å². The third-order valence-electron chi connectivity index (χ3n) is 3.31. The van der Waals surface area contributed by atoms with E-state index in [1.54, 1.807) is 36.6 Å². The molecule has 2 heterocycles. The van der Waals surface area contributed by atoms with Gasteiger partial charge in [0.05, 0.1) is 23.7 Å². The number of rotatable bonds is 2. The van der Waals surface area contributed by atoms with Gasteiger partial charge in [-0.3, -0.25) is 0 Å². The molecule has 1 radical (unpaired) electrons. The van der Waals surface area contributed by atoms with E-state index in [4.69, 9.17) is 0 Å². The summed E-state index contributed by atoms with van der Waals surface area (Å²) in [5.74, 6) is 0.351. The summed E-state index contributed by atoms with van der Waals surface area (Å²) < 4.78 is 15.9. The first-order chi connectivity index (χ1) is 9.56. The summed E-state index contributed by atoms with van der Waals surface area (Å²) in [6, 6.07) is 6.78. The lowest BCUT2D eigenvalue weighted by molar-refractivity contribution is 0.626. The van der Waals surface area contributed by atoms with Crippen LogP contribution in [-0.4, -0.2) is 21.6 Å². The molecule has 1 aromatic carbocycles. The Labute approximate surface area is 116 Å². The normalized spacial score (nSPS) is 11.0. The minimum Gasteiger partial charge on any atom is -0.334 e. The Morgan fingerprint density at radius 2 is 2.05 bits per heavy atom. The lowest BCUT2D eigenvalue weighted by Gasteiger charge is -2.19. The van der Waals surface area contributed by atoms with Crippen LogP contribution in [0.2, 0.25) is 0 Å². The SMILES string of the molecule is [CH2]c1ccc(N(C)c2cc3c(cn2)ncn3C)c(F)c1. The predicted octanol–water partition coefficient (Wildman–Crippen LogP) is 3.06. The number of fused-ring (bicyclic) bond motifs is 1. The molecule has 0 unspecified atom stereocenters. The summed E-state index contributed by atoms with van der Waals surface area (Å²) >= 11 is 0. The number of pyridine rings is 1. The number of aryl methyl sites for hydroxylation is 1. The number of anilines is 2. The number of nitrogens with zero attached hydrogens (tertiary/aromatic N) is 4. The van der Waals surface area contributed by atoms with E-state index in [2.05, 4.69) is 16.9 Å². The van der Waals surface area contributed by atoms with Crippen molar-refractivity contribution in [3.8, 4) is 0 Å². The Bertz CT molecular complexity index is 779. The summed E-state index contributed by atoms with van der Waals surface area (Å²) in [4.78, 5) is 10.3. The van der Waals surface area contributed by atoms with Gasteiger partial charge in [-0.05, 0) is 24.6 Å². The smallest absolute Gasteiger partial charge is 0.147 e. The molecule has 0 saturated heterocycles. The highest BCUT2D eigenvalue weighted by atomic mass is 19.1.